The van der Waals surface area contributed by atoms with E-state index in [1.54, 1.807) is 4.90 Å². The highest BCUT2D eigenvalue weighted by molar-refractivity contribution is 5.91. The number of ketones is 4. The molecule has 2 aromatic rings. The van der Waals surface area contributed by atoms with Crippen LogP contribution in [0.4, 0.5) is 0 Å². The highest BCUT2D eigenvalue weighted by atomic mass is 16.2. The lowest BCUT2D eigenvalue weighted by molar-refractivity contribution is -0.138. The number of carbonyl (C=O) groups is 7. The van der Waals surface area contributed by atoms with Gasteiger partial charge in [0, 0.05) is 87.8 Å². The highest BCUT2D eigenvalue weighted by Gasteiger charge is 2.35. The maximum atomic E-state index is 12.3. The SMILES string of the molecule is CC(=O)CCC(=O)N1CCCC1C(=O)CC(C)C.CC(=O)CCC(=O)N1CCCC1c1cnc(C(C)C)[nH]1.CC(=O)CCC(=O)N1CCCC1c1ncc(C(C)(C)C)[nH]1. The number of aromatic nitrogens is 4. The second-order valence-corrected chi connectivity index (χ2v) is 18.2. The first-order valence-electron chi connectivity index (χ1n) is 21.7. The second kappa shape index (κ2) is 22.8. The Morgan fingerprint density at radius 2 is 1.12 bits per heavy atom. The van der Waals surface area contributed by atoms with E-state index in [4.69, 9.17) is 0 Å². The summed E-state index contributed by atoms with van der Waals surface area (Å²) in [7, 11) is 0. The third-order valence-corrected chi connectivity index (χ3v) is 11.0. The third-order valence-electron chi connectivity index (χ3n) is 11.0. The molecular formula is C45H71N7O7. The summed E-state index contributed by atoms with van der Waals surface area (Å²) in [6.07, 6.45) is 11.6. The Bertz CT molecular complexity index is 1750. The van der Waals surface area contributed by atoms with Gasteiger partial charge >= 0.3 is 0 Å². The van der Waals surface area contributed by atoms with Crippen LogP contribution < -0.4 is 0 Å². The van der Waals surface area contributed by atoms with Gasteiger partial charge in [-0.05, 0) is 65.2 Å². The van der Waals surface area contributed by atoms with Crippen molar-refractivity contribution >= 4 is 40.9 Å². The van der Waals surface area contributed by atoms with Crippen LogP contribution >= 0.6 is 0 Å². The number of nitrogens with zero attached hydrogens (tertiary/aromatic N) is 5. The molecule has 0 spiro atoms. The van der Waals surface area contributed by atoms with Crippen molar-refractivity contribution in [3.05, 3.63) is 35.4 Å². The van der Waals surface area contributed by atoms with Gasteiger partial charge in [-0.25, -0.2) is 9.97 Å². The average molecular weight is 822 g/mol. The Labute approximate surface area is 351 Å². The van der Waals surface area contributed by atoms with Gasteiger partial charge in [-0.1, -0.05) is 48.5 Å². The fourth-order valence-electron chi connectivity index (χ4n) is 7.66. The number of Topliss-reactive ketones (excluding diaryl/α,β-unsaturated/α-hetero) is 4. The topological polar surface area (TPSA) is 187 Å². The number of rotatable bonds is 15. The molecule has 3 aliphatic heterocycles. The molecule has 3 aliphatic rings. The maximum absolute atomic E-state index is 12.3. The number of nitrogens with one attached hydrogen (secondary N) is 2. The van der Waals surface area contributed by atoms with E-state index in [0.29, 0.717) is 50.5 Å². The van der Waals surface area contributed by atoms with Gasteiger partial charge in [0.05, 0.1) is 30.0 Å². The van der Waals surface area contributed by atoms with Crippen molar-refractivity contribution < 1.29 is 33.6 Å². The smallest absolute Gasteiger partial charge is 0.223 e. The molecule has 14 heteroatoms. The van der Waals surface area contributed by atoms with Crippen LogP contribution in [0.2, 0.25) is 0 Å². The summed E-state index contributed by atoms with van der Waals surface area (Å²) in [6, 6.07) is -0.123. The van der Waals surface area contributed by atoms with Gasteiger partial charge in [-0.2, -0.15) is 0 Å². The van der Waals surface area contributed by atoms with E-state index in [1.165, 1.54) is 20.8 Å². The van der Waals surface area contributed by atoms with Crippen LogP contribution in [0.5, 0.6) is 0 Å². The minimum atomic E-state index is -0.244. The number of hydrogen-bond donors (Lipinski definition) is 2. The van der Waals surface area contributed by atoms with Crippen molar-refractivity contribution in [3.8, 4) is 0 Å². The fraction of sp³-hybridized carbons (Fsp3) is 0.711. The fourth-order valence-corrected chi connectivity index (χ4v) is 7.66. The largest absolute Gasteiger partial charge is 0.344 e. The molecule has 2 N–H and O–H groups in total. The quantitative estimate of drug-likeness (QED) is 0.186. The molecule has 3 unspecified atom stereocenters. The molecule has 0 radical (unpaired) electrons. The van der Waals surface area contributed by atoms with E-state index in [0.717, 1.165) is 74.7 Å². The molecule has 3 fully saturated rings. The lowest BCUT2D eigenvalue weighted by Crippen LogP contribution is -2.40. The zero-order valence-corrected chi connectivity index (χ0v) is 37.4. The van der Waals surface area contributed by atoms with Gasteiger partial charge in [0.25, 0.3) is 0 Å². The van der Waals surface area contributed by atoms with Gasteiger partial charge < -0.3 is 39.1 Å². The van der Waals surface area contributed by atoms with Crippen LogP contribution in [-0.2, 0) is 39.0 Å². The third kappa shape index (κ3) is 15.2. The highest BCUT2D eigenvalue weighted by Crippen LogP contribution is 2.33. The molecular weight excluding hydrogens is 751 g/mol. The van der Waals surface area contributed by atoms with Crippen LogP contribution in [0.15, 0.2) is 12.4 Å². The van der Waals surface area contributed by atoms with Crippen LogP contribution in [0, 0.1) is 5.92 Å². The zero-order chi connectivity index (χ0) is 44.0. The predicted molar refractivity (Wildman–Crippen MR) is 226 cm³/mol. The molecule has 3 amide bonds. The van der Waals surface area contributed by atoms with E-state index in [-0.39, 0.29) is 77.2 Å². The summed E-state index contributed by atoms with van der Waals surface area (Å²) >= 11 is 0. The number of imidazole rings is 2. The summed E-state index contributed by atoms with van der Waals surface area (Å²) in [6.45, 7) is 21.3. The molecule has 0 aliphatic carbocycles. The van der Waals surface area contributed by atoms with Crippen LogP contribution in [0.25, 0.3) is 0 Å². The molecule has 5 rings (SSSR count). The van der Waals surface area contributed by atoms with E-state index in [2.05, 4.69) is 54.6 Å². The molecule has 5 heterocycles. The van der Waals surface area contributed by atoms with E-state index >= 15 is 0 Å². The van der Waals surface area contributed by atoms with Crippen molar-refractivity contribution in [2.45, 2.75) is 182 Å². The molecule has 3 saturated heterocycles. The summed E-state index contributed by atoms with van der Waals surface area (Å²) in [5, 5.41) is 0. The van der Waals surface area contributed by atoms with Crippen molar-refractivity contribution in [1.82, 2.24) is 34.6 Å². The number of hydrogen-bond acceptors (Lipinski definition) is 9. The normalized spacial score (nSPS) is 19.1. The molecule has 0 saturated carbocycles. The minimum absolute atomic E-state index is 0.0209. The molecule has 3 atom stereocenters. The number of aromatic amines is 2. The summed E-state index contributed by atoms with van der Waals surface area (Å²) in [5.41, 5.74) is 2.12. The lowest BCUT2D eigenvalue weighted by Gasteiger charge is -2.24. The summed E-state index contributed by atoms with van der Waals surface area (Å²) < 4.78 is 0. The van der Waals surface area contributed by atoms with E-state index in [9.17, 15) is 33.6 Å². The van der Waals surface area contributed by atoms with Gasteiger partial charge in [0.1, 0.15) is 29.0 Å². The summed E-state index contributed by atoms with van der Waals surface area (Å²) in [4.78, 5) is 102. The van der Waals surface area contributed by atoms with Gasteiger partial charge in [-0.15, -0.1) is 0 Å². The number of likely N-dealkylation sites (tertiary alicyclic amines) is 3. The van der Waals surface area contributed by atoms with Gasteiger partial charge in [0.2, 0.25) is 17.7 Å². The predicted octanol–water partition coefficient (Wildman–Crippen LogP) is 7.27. The van der Waals surface area contributed by atoms with Gasteiger partial charge in [-0.3, -0.25) is 19.2 Å². The van der Waals surface area contributed by atoms with E-state index < -0.39 is 0 Å². The van der Waals surface area contributed by atoms with E-state index in [1.807, 2.05) is 36.0 Å². The monoisotopic (exact) mass is 822 g/mol. The number of carbonyl (C=O) groups excluding carboxylic acids is 7. The number of amides is 3. The molecule has 59 heavy (non-hydrogen) atoms. The maximum Gasteiger partial charge on any atom is 0.223 e. The molecule has 328 valence electrons. The molecule has 0 bridgehead atoms. The number of H-pyrrole nitrogens is 2. The van der Waals surface area contributed by atoms with Crippen LogP contribution in [-0.4, -0.2) is 101 Å². The first kappa shape index (κ1) is 48.9. The van der Waals surface area contributed by atoms with Crippen LogP contribution in [0.1, 0.15) is 194 Å². The Morgan fingerprint density at radius 1 is 0.644 bits per heavy atom. The average Bonchev–Trinajstić information content (AvgIpc) is 3.99. The first-order valence-corrected chi connectivity index (χ1v) is 21.7. The van der Waals surface area contributed by atoms with Gasteiger partial charge in [0.15, 0.2) is 5.78 Å². The minimum Gasteiger partial charge on any atom is -0.344 e. The van der Waals surface area contributed by atoms with Crippen molar-refractivity contribution in [3.63, 3.8) is 0 Å². The Balaban J connectivity index is 0.000000237. The summed E-state index contributed by atoms with van der Waals surface area (Å²) in [5.74, 6) is 2.90. The lowest BCUT2D eigenvalue weighted by atomic mass is 9.93. The molecule has 2 aromatic heterocycles. The molecule has 14 nitrogen and oxygen atoms in total. The first-order chi connectivity index (χ1) is 27.7. The zero-order valence-electron chi connectivity index (χ0n) is 37.4. The second-order valence-electron chi connectivity index (χ2n) is 18.2. The Morgan fingerprint density at radius 3 is 1.58 bits per heavy atom. The Kier molecular flexibility index (Phi) is 18.9. The van der Waals surface area contributed by atoms with Crippen molar-refractivity contribution in [1.29, 1.82) is 0 Å². The Hall–Kier alpha value is -4.49. The van der Waals surface area contributed by atoms with Crippen molar-refractivity contribution in [2.75, 3.05) is 19.6 Å². The van der Waals surface area contributed by atoms with Crippen LogP contribution in [0.3, 0.4) is 0 Å². The van der Waals surface area contributed by atoms with Crippen molar-refractivity contribution in [2.24, 2.45) is 5.92 Å². The molecule has 0 aromatic carbocycles. The standard InChI is InChI=1S/C16H25N3O2.C15H23N3O2.C14H23NO3/c1-11(20)7-8-14(21)19-9-5-6-12(19)15-17-10-13(18-15)16(2,3)4;1-10(2)15-16-9-12(17-15)13-5-4-8-18(13)14(20)7-6-11(3)19;1-10(2)9-13(17)12-5-4-8-15(12)14(18)7-6-11(3)16/h10,12H,5-9H2,1-4H3,(H,17,18);9-10,13H,4-8H2,1-3H3,(H,16,17);10,12H,4-9H2,1-3H3.